The average Bonchev–Trinajstić information content (AvgIpc) is 2.64. The van der Waals surface area contributed by atoms with Gasteiger partial charge < -0.3 is 0 Å². The Morgan fingerprint density at radius 2 is 1.93 bits per heavy atom. The second kappa shape index (κ2) is 3.21. The maximum absolute atomic E-state index is 6.54. The Morgan fingerprint density at radius 3 is 2.64 bits per heavy atom. The van der Waals surface area contributed by atoms with Crippen molar-refractivity contribution in [3.8, 4) is 0 Å². The van der Waals surface area contributed by atoms with Crippen LogP contribution in [0.5, 0.6) is 0 Å². The Kier molecular flexibility index (Phi) is 2.31. The standard InChI is InChI=1S/C10H12Cl2P2/c1-5-3-7-10-8(9(5)14(7)12)6(2)4-13(10)11/h3-4,7-10H,1-2H3/t7-,8-,9+,10+,13-,14?/m0/s1. The van der Waals surface area contributed by atoms with Crippen molar-refractivity contribution in [2.24, 2.45) is 5.92 Å². The molecule has 0 aliphatic carbocycles. The first kappa shape index (κ1) is 10.1. The summed E-state index contributed by atoms with van der Waals surface area (Å²) in [6.45, 7) is 4.47. The summed E-state index contributed by atoms with van der Waals surface area (Å²) in [6.07, 6.45) is 2.40. The van der Waals surface area contributed by atoms with Gasteiger partial charge in [-0.15, -0.1) is 0 Å². The van der Waals surface area contributed by atoms with Gasteiger partial charge in [-0.25, -0.2) is 0 Å². The van der Waals surface area contributed by atoms with Crippen molar-refractivity contribution >= 4 is 37.0 Å². The van der Waals surface area contributed by atoms with Crippen LogP contribution in [0.15, 0.2) is 23.0 Å². The van der Waals surface area contributed by atoms with E-state index in [9.17, 15) is 0 Å². The molecule has 0 nitrogen and oxygen atoms in total. The van der Waals surface area contributed by atoms with Gasteiger partial charge in [0.25, 0.3) is 0 Å². The van der Waals surface area contributed by atoms with Crippen molar-refractivity contribution in [2.45, 2.75) is 30.8 Å². The lowest BCUT2D eigenvalue weighted by Gasteiger charge is -2.25. The van der Waals surface area contributed by atoms with Crippen LogP contribution >= 0.6 is 37.0 Å². The smallest absolute Gasteiger partial charge is 0.0214 e. The average molecular weight is 265 g/mol. The summed E-state index contributed by atoms with van der Waals surface area (Å²) in [4.78, 5) is 0. The van der Waals surface area contributed by atoms with E-state index in [1.54, 1.807) is 0 Å². The van der Waals surface area contributed by atoms with Gasteiger partial charge in [0.15, 0.2) is 0 Å². The molecule has 76 valence electrons. The maximum atomic E-state index is 6.54. The van der Waals surface area contributed by atoms with Gasteiger partial charge in [-0.05, 0) is 19.7 Å². The summed E-state index contributed by atoms with van der Waals surface area (Å²) in [6, 6.07) is 0. The van der Waals surface area contributed by atoms with E-state index >= 15 is 0 Å². The summed E-state index contributed by atoms with van der Waals surface area (Å²) in [5, 5.41) is 0. The summed E-state index contributed by atoms with van der Waals surface area (Å²) in [5.74, 6) is 3.00. The second-order valence-electron chi connectivity index (χ2n) is 4.42. The monoisotopic (exact) mass is 264 g/mol. The molecule has 0 spiro atoms. The van der Waals surface area contributed by atoms with Crippen LogP contribution in [0.4, 0.5) is 0 Å². The van der Waals surface area contributed by atoms with Gasteiger partial charge in [0.05, 0.1) is 0 Å². The van der Waals surface area contributed by atoms with E-state index in [1.807, 2.05) is 0 Å². The number of halogens is 2. The van der Waals surface area contributed by atoms with Crippen LogP contribution in [0.1, 0.15) is 13.8 Å². The zero-order valence-corrected chi connectivity index (χ0v) is 11.4. The number of hydrogen-bond donors (Lipinski definition) is 0. The first-order chi connectivity index (χ1) is 6.61. The predicted molar refractivity (Wildman–Crippen MR) is 67.9 cm³/mol. The van der Waals surface area contributed by atoms with E-state index < -0.39 is 7.27 Å². The van der Waals surface area contributed by atoms with Crippen molar-refractivity contribution in [2.75, 3.05) is 0 Å². The zero-order chi connectivity index (χ0) is 10.0. The minimum atomic E-state index is -0.408. The highest BCUT2D eigenvalue weighted by Gasteiger charge is 2.57. The number of rotatable bonds is 0. The molecule has 0 radical (unpaired) electrons. The van der Waals surface area contributed by atoms with Gasteiger partial charge in [-0.3, -0.25) is 0 Å². The van der Waals surface area contributed by atoms with Gasteiger partial charge in [-0.1, -0.05) is 39.7 Å². The fourth-order valence-electron chi connectivity index (χ4n) is 3.08. The minimum absolute atomic E-state index is 0.332. The van der Waals surface area contributed by atoms with Gasteiger partial charge >= 0.3 is 0 Å². The third kappa shape index (κ3) is 1.10. The molecule has 0 saturated carbocycles. The first-order valence-corrected chi connectivity index (χ1v) is 9.63. The molecule has 2 bridgehead atoms. The highest BCUT2D eigenvalue weighted by Crippen LogP contribution is 2.78. The van der Waals surface area contributed by atoms with Crippen LogP contribution in [0, 0.1) is 5.92 Å². The molecule has 1 unspecified atom stereocenters. The van der Waals surface area contributed by atoms with Crippen LogP contribution in [0.3, 0.4) is 0 Å². The fraction of sp³-hybridized carbons (Fsp3) is 0.600. The zero-order valence-electron chi connectivity index (χ0n) is 8.11. The van der Waals surface area contributed by atoms with Crippen LogP contribution in [0.2, 0.25) is 0 Å². The number of hydrogen-bond acceptors (Lipinski definition) is 0. The molecule has 0 N–H and O–H groups in total. The molecule has 3 heterocycles. The fourth-order valence-corrected chi connectivity index (χ4v) is 11.4. The lowest BCUT2D eigenvalue weighted by Crippen LogP contribution is -2.26. The van der Waals surface area contributed by atoms with Crippen LogP contribution in [-0.2, 0) is 0 Å². The van der Waals surface area contributed by atoms with Crippen molar-refractivity contribution in [3.63, 3.8) is 0 Å². The van der Waals surface area contributed by atoms with Crippen LogP contribution < -0.4 is 0 Å². The lowest BCUT2D eigenvalue weighted by molar-refractivity contribution is 0.612. The van der Waals surface area contributed by atoms with E-state index in [1.165, 1.54) is 11.1 Å². The minimum Gasteiger partial charge on any atom is -0.0951 e. The Balaban J connectivity index is 2.06. The SMILES string of the molecule is CC1=C[P@](Cl)[C@H]2[C@@H]1[C@H]1C(C)=C[C@@H]2P1Cl. The lowest BCUT2D eigenvalue weighted by atomic mass is 9.85. The summed E-state index contributed by atoms with van der Waals surface area (Å²) >= 11 is 13.0. The molecular formula is C10H12Cl2P2. The molecule has 3 rings (SSSR count). The van der Waals surface area contributed by atoms with Gasteiger partial charge in [0.1, 0.15) is 0 Å². The number of fused-ring (bicyclic) bond motifs is 5. The van der Waals surface area contributed by atoms with E-state index in [2.05, 4.69) is 25.7 Å². The summed E-state index contributed by atoms with van der Waals surface area (Å²) < 4.78 is 0. The van der Waals surface area contributed by atoms with Gasteiger partial charge in [0.2, 0.25) is 0 Å². The molecule has 3 aliphatic rings. The Labute approximate surface area is 96.8 Å². The summed E-state index contributed by atoms with van der Waals surface area (Å²) in [5.41, 5.74) is 4.95. The van der Waals surface area contributed by atoms with Crippen molar-refractivity contribution in [3.05, 3.63) is 23.0 Å². The van der Waals surface area contributed by atoms with Gasteiger partial charge in [0, 0.05) is 37.4 Å². The third-order valence-corrected chi connectivity index (χ3v) is 10.3. The number of allylic oxidation sites excluding steroid dienone is 3. The van der Waals surface area contributed by atoms with Gasteiger partial charge in [-0.2, -0.15) is 0 Å². The molecular weight excluding hydrogens is 253 g/mol. The van der Waals surface area contributed by atoms with E-state index in [4.69, 9.17) is 22.5 Å². The quantitative estimate of drug-likeness (QED) is 0.433. The second-order valence-corrected chi connectivity index (χ2v) is 10.2. The highest BCUT2D eigenvalue weighted by atomic mass is 35.7. The van der Waals surface area contributed by atoms with Crippen molar-refractivity contribution in [1.82, 2.24) is 0 Å². The Morgan fingerprint density at radius 1 is 1.21 bits per heavy atom. The van der Waals surface area contributed by atoms with E-state index in [0.717, 1.165) is 0 Å². The molecule has 0 amide bonds. The van der Waals surface area contributed by atoms with E-state index in [0.29, 0.717) is 22.9 Å². The molecule has 4 heteroatoms. The topological polar surface area (TPSA) is 0 Å². The van der Waals surface area contributed by atoms with E-state index in [-0.39, 0.29) is 7.27 Å². The first-order valence-electron chi connectivity index (χ1n) is 4.86. The molecule has 14 heavy (non-hydrogen) atoms. The Bertz CT molecular complexity index is 350. The van der Waals surface area contributed by atoms with Crippen LogP contribution in [0.25, 0.3) is 0 Å². The third-order valence-electron chi connectivity index (χ3n) is 3.65. The molecule has 1 saturated heterocycles. The molecule has 1 fully saturated rings. The molecule has 0 aromatic rings. The molecule has 3 aliphatic heterocycles. The normalized spacial score (nSPS) is 54.6. The molecule has 6 atom stereocenters. The maximum Gasteiger partial charge on any atom is 0.0214 e. The highest BCUT2D eigenvalue weighted by molar-refractivity contribution is 7.91. The molecule has 0 aromatic heterocycles. The van der Waals surface area contributed by atoms with Crippen molar-refractivity contribution in [1.29, 1.82) is 0 Å². The largest absolute Gasteiger partial charge is 0.0951 e. The Hall–Kier alpha value is 0.920. The summed E-state index contributed by atoms with van der Waals surface area (Å²) in [7, 11) is -0.739. The van der Waals surface area contributed by atoms with Crippen molar-refractivity contribution < 1.29 is 0 Å². The molecule has 0 aromatic carbocycles. The predicted octanol–water partition coefficient (Wildman–Crippen LogP) is 4.87. The van der Waals surface area contributed by atoms with Crippen LogP contribution in [-0.4, -0.2) is 17.0 Å².